The molecule has 4 rings (SSSR count). The first-order chi connectivity index (χ1) is 14.8. The Bertz CT molecular complexity index is 693. The summed E-state index contributed by atoms with van der Waals surface area (Å²) in [4.78, 5) is 9.49. The van der Waals surface area contributed by atoms with Crippen LogP contribution in [-0.4, -0.2) is 87.6 Å². The van der Waals surface area contributed by atoms with Crippen LogP contribution >= 0.6 is 24.0 Å². The fraction of sp³-hybridized carbons (Fsp3) is 0.696. The number of rotatable bonds is 6. The van der Waals surface area contributed by atoms with E-state index < -0.39 is 0 Å². The first-order valence-corrected chi connectivity index (χ1v) is 11.4. The van der Waals surface area contributed by atoms with E-state index in [0.29, 0.717) is 18.8 Å². The van der Waals surface area contributed by atoms with Gasteiger partial charge in [-0.15, -0.1) is 24.0 Å². The minimum absolute atomic E-state index is 0. The molecule has 1 aromatic carbocycles. The van der Waals surface area contributed by atoms with E-state index in [1.807, 2.05) is 7.05 Å². The normalized spacial score (nSPS) is 23.6. The summed E-state index contributed by atoms with van der Waals surface area (Å²) in [5.41, 5.74) is 2.48. The van der Waals surface area contributed by atoms with E-state index in [1.54, 1.807) is 0 Å². The highest BCUT2D eigenvalue weighted by atomic mass is 127. The molecule has 3 saturated heterocycles. The Hall–Kier alpha value is -0.940. The predicted molar refractivity (Wildman–Crippen MR) is 133 cm³/mol. The van der Waals surface area contributed by atoms with Crippen LogP contribution in [0.2, 0.25) is 0 Å². The largest absolute Gasteiger partial charge is 0.381 e. The molecule has 0 radical (unpaired) electrons. The molecule has 3 fully saturated rings. The second kappa shape index (κ2) is 12.9. The summed E-state index contributed by atoms with van der Waals surface area (Å²) in [5, 5.41) is 3.56. The third-order valence-electron chi connectivity index (χ3n) is 6.33. The molecule has 0 saturated carbocycles. The van der Waals surface area contributed by atoms with E-state index in [4.69, 9.17) is 14.2 Å². The highest BCUT2D eigenvalue weighted by Gasteiger charge is 2.30. The summed E-state index contributed by atoms with van der Waals surface area (Å²) in [6.07, 6.45) is 3.52. The molecule has 8 heteroatoms. The van der Waals surface area contributed by atoms with Crippen LogP contribution in [0.5, 0.6) is 0 Å². The summed E-state index contributed by atoms with van der Waals surface area (Å²) in [6, 6.07) is 9.27. The maximum Gasteiger partial charge on any atom is 0.193 e. The Labute approximate surface area is 203 Å². The smallest absolute Gasteiger partial charge is 0.193 e. The lowest BCUT2D eigenvalue weighted by Crippen LogP contribution is -2.46. The predicted octanol–water partition coefficient (Wildman–Crippen LogP) is 2.48. The number of benzene rings is 1. The monoisotopic (exact) mass is 544 g/mol. The Morgan fingerprint density at radius 2 is 1.81 bits per heavy atom. The van der Waals surface area contributed by atoms with E-state index in [1.165, 1.54) is 17.5 Å². The molecular formula is C23H37IN4O3. The fourth-order valence-corrected chi connectivity index (χ4v) is 4.57. The van der Waals surface area contributed by atoms with Gasteiger partial charge in [0, 0.05) is 59.0 Å². The first-order valence-electron chi connectivity index (χ1n) is 11.4. The van der Waals surface area contributed by atoms with Crippen LogP contribution in [0, 0.1) is 0 Å². The van der Waals surface area contributed by atoms with Crippen molar-refractivity contribution in [3.05, 3.63) is 35.4 Å². The lowest BCUT2D eigenvalue weighted by Gasteiger charge is -2.32. The SMILES string of the molecule is CN=C(NCc1cccc(COC2CCOCC2)c1)N1CCC(N2CCOCC2)C1.I. The lowest BCUT2D eigenvalue weighted by atomic mass is 10.1. The Morgan fingerprint density at radius 1 is 1.06 bits per heavy atom. The maximum atomic E-state index is 6.08. The van der Waals surface area contributed by atoms with Gasteiger partial charge in [-0.3, -0.25) is 9.89 Å². The first kappa shape index (κ1) is 24.7. The minimum Gasteiger partial charge on any atom is -0.381 e. The molecule has 0 aromatic heterocycles. The number of hydrogen-bond acceptors (Lipinski definition) is 5. The topological polar surface area (TPSA) is 58.6 Å². The van der Waals surface area contributed by atoms with Gasteiger partial charge in [0.05, 0.1) is 25.9 Å². The highest BCUT2D eigenvalue weighted by molar-refractivity contribution is 14.0. The molecule has 1 unspecified atom stereocenters. The van der Waals surface area contributed by atoms with Crippen molar-refractivity contribution < 1.29 is 14.2 Å². The van der Waals surface area contributed by atoms with Crippen molar-refractivity contribution in [1.82, 2.24) is 15.1 Å². The number of aliphatic imine (C=N–C) groups is 1. The number of hydrogen-bond donors (Lipinski definition) is 1. The van der Waals surface area contributed by atoms with Gasteiger partial charge >= 0.3 is 0 Å². The number of likely N-dealkylation sites (tertiary alicyclic amines) is 1. The second-order valence-electron chi connectivity index (χ2n) is 8.38. The Balaban J connectivity index is 0.00000272. The van der Waals surface area contributed by atoms with Crippen molar-refractivity contribution in [2.24, 2.45) is 4.99 Å². The molecule has 1 aromatic rings. The fourth-order valence-electron chi connectivity index (χ4n) is 4.57. The quantitative estimate of drug-likeness (QED) is 0.338. The van der Waals surface area contributed by atoms with Gasteiger partial charge < -0.3 is 24.4 Å². The van der Waals surface area contributed by atoms with Crippen molar-refractivity contribution in [2.45, 2.75) is 44.6 Å². The van der Waals surface area contributed by atoms with Crippen molar-refractivity contribution >= 4 is 29.9 Å². The van der Waals surface area contributed by atoms with Crippen LogP contribution in [-0.2, 0) is 27.4 Å². The zero-order chi connectivity index (χ0) is 20.6. The van der Waals surface area contributed by atoms with E-state index in [-0.39, 0.29) is 24.0 Å². The van der Waals surface area contributed by atoms with Crippen LogP contribution in [0.1, 0.15) is 30.4 Å². The van der Waals surface area contributed by atoms with Gasteiger partial charge in [0.15, 0.2) is 5.96 Å². The third kappa shape index (κ3) is 7.28. The van der Waals surface area contributed by atoms with Crippen molar-refractivity contribution in [1.29, 1.82) is 0 Å². The second-order valence-corrected chi connectivity index (χ2v) is 8.38. The molecule has 1 N–H and O–H groups in total. The van der Waals surface area contributed by atoms with Crippen molar-refractivity contribution in [3.8, 4) is 0 Å². The van der Waals surface area contributed by atoms with E-state index in [0.717, 1.165) is 78.0 Å². The van der Waals surface area contributed by atoms with Crippen LogP contribution in [0.25, 0.3) is 0 Å². The van der Waals surface area contributed by atoms with E-state index in [2.05, 4.69) is 44.4 Å². The van der Waals surface area contributed by atoms with Gasteiger partial charge in [0.1, 0.15) is 0 Å². The van der Waals surface area contributed by atoms with Crippen LogP contribution < -0.4 is 5.32 Å². The molecule has 7 nitrogen and oxygen atoms in total. The minimum atomic E-state index is 0. The summed E-state index contributed by atoms with van der Waals surface area (Å²) in [6.45, 7) is 8.99. The molecular weight excluding hydrogens is 507 g/mol. The Morgan fingerprint density at radius 3 is 2.58 bits per heavy atom. The molecule has 174 valence electrons. The summed E-state index contributed by atoms with van der Waals surface area (Å²) < 4.78 is 17.0. The Kier molecular flexibility index (Phi) is 10.3. The van der Waals surface area contributed by atoms with Gasteiger partial charge in [-0.1, -0.05) is 24.3 Å². The van der Waals surface area contributed by atoms with Crippen LogP contribution in [0.15, 0.2) is 29.3 Å². The summed E-state index contributed by atoms with van der Waals surface area (Å²) in [7, 11) is 1.88. The number of morpholine rings is 1. The summed E-state index contributed by atoms with van der Waals surface area (Å²) in [5.74, 6) is 0.995. The van der Waals surface area contributed by atoms with Gasteiger partial charge in [-0.2, -0.15) is 0 Å². The standard InChI is InChI=1S/C23H36N4O3.HI/c1-24-23(27-8-5-21(17-27)26-9-13-29-14-10-26)25-16-19-3-2-4-20(15-19)18-30-22-6-11-28-12-7-22;/h2-4,15,21-22H,5-14,16-18H2,1H3,(H,24,25);1H. The number of nitrogens with zero attached hydrogens (tertiary/aromatic N) is 3. The third-order valence-corrected chi connectivity index (χ3v) is 6.33. The molecule has 0 aliphatic carbocycles. The number of ether oxygens (including phenoxy) is 3. The number of guanidine groups is 1. The molecule has 0 amide bonds. The van der Waals surface area contributed by atoms with Gasteiger partial charge in [-0.05, 0) is 30.4 Å². The molecule has 0 bridgehead atoms. The van der Waals surface area contributed by atoms with E-state index in [9.17, 15) is 0 Å². The molecule has 3 heterocycles. The van der Waals surface area contributed by atoms with Crippen molar-refractivity contribution in [2.75, 3.05) is 59.7 Å². The highest BCUT2D eigenvalue weighted by Crippen LogP contribution is 2.18. The molecule has 1 atom stereocenters. The van der Waals surface area contributed by atoms with Gasteiger partial charge in [0.2, 0.25) is 0 Å². The maximum absolute atomic E-state index is 6.08. The van der Waals surface area contributed by atoms with Gasteiger partial charge in [-0.25, -0.2) is 0 Å². The average molecular weight is 544 g/mol. The van der Waals surface area contributed by atoms with Gasteiger partial charge in [0.25, 0.3) is 0 Å². The van der Waals surface area contributed by atoms with Crippen LogP contribution in [0.3, 0.4) is 0 Å². The zero-order valence-electron chi connectivity index (χ0n) is 18.6. The summed E-state index contributed by atoms with van der Waals surface area (Å²) >= 11 is 0. The molecule has 3 aliphatic rings. The number of halogens is 1. The van der Waals surface area contributed by atoms with E-state index >= 15 is 0 Å². The average Bonchev–Trinajstić information content (AvgIpc) is 3.30. The lowest BCUT2D eigenvalue weighted by molar-refractivity contribution is -0.0390. The molecule has 3 aliphatic heterocycles. The molecule has 31 heavy (non-hydrogen) atoms. The van der Waals surface area contributed by atoms with Crippen molar-refractivity contribution in [3.63, 3.8) is 0 Å². The number of nitrogens with one attached hydrogen (secondary N) is 1. The zero-order valence-corrected chi connectivity index (χ0v) is 21.0. The van der Waals surface area contributed by atoms with Crippen LogP contribution in [0.4, 0.5) is 0 Å². The molecule has 0 spiro atoms.